The second kappa shape index (κ2) is 8.11. The van der Waals surface area contributed by atoms with Gasteiger partial charge in [0.15, 0.2) is 0 Å². The molecule has 0 aromatic carbocycles. The van der Waals surface area contributed by atoms with E-state index in [1.807, 2.05) is 0 Å². The molecule has 0 heterocycles. The Balaban J connectivity index is 2.13. The average molecular weight is 225 g/mol. The van der Waals surface area contributed by atoms with E-state index in [4.69, 9.17) is 5.73 Å². The third kappa shape index (κ3) is 4.86. The Hall–Kier alpha value is -0.0400. The molecule has 1 fully saturated rings. The van der Waals surface area contributed by atoms with Gasteiger partial charge in [0.25, 0.3) is 0 Å². The van der Waals surface area contributed by atoms with Crippen molar-refractivity contribution in [3.05, 3.63) is 0 Å². The molecule has 1 aliphatic carbocycles. The molecule has 0 aromatic heterocycles. The van der Waals surface area contributed by atoms with E-state index in [-0.39, 0.29) is 0 Å². The molecule has 0 radical (unpaired) electrons. The monoisotopic (exact) mass is 225 g/mol. The SMILES string of the molecule is CCCCCCCC1CC(CC)CCC1N. The van der Waals surface area contributed by atoms with Crippen LogP contribution in [0, 0.1) is 11.8 Å². The fourth-order valence-corrected chi connectivity index (χ4v) is 3.10. The van der Waals surface area contributed by atoms with E-state index in [0.29, 0.717) is 6.04 Å². The largest absolute Gasteiger partial charge is 0.327 e. The average Bonchev–Trinajstić information content (AvgIpc) is 2.31. The highest BCUT2D eigenvalue weighted by Gasteiger charge is 2.26. The lowest BCUT2D eigenvalue weighted by Gasteiger charge is -2.33. The second-order valence-corrected chi connectivity index (χ2v) is 5.71. The minimum Gasteiger partial charge on any atom is -0.327 e. The van der Waals surface area contributed by atoms with Crippen LogP contribution in [0.4, 0.5) is 0 Å². The third-order valence-electron chi connectivity index (χ3n) is 4.41. The van der Waals surface area contributed by atoms with Crippen LogP contribution in [0.1, 0.15) is 78.1 Å². The first-order valence-corrected chi connectivity index (χ1v) is 7.53. The van der Waals surface area contributed by atoms with Crippen molar-refractivity contribution >= 4 is 0 Å². The summed E-state index contributed by atoms with van der Waals surface area (Å²) in [6.07, 6.45) is 13.8. The van der Waals surface area contributed by atoms with Crippen molar-refractivity contribution in [3.63, 3.8) is 0 Å². The lowest BCUT2D eigenvalue weighted by molar-refractivity contribution is 0.213. The van der Waals surface area contributed by atoms with Crippen LogP contribution in [-0.4, -0.2) is 6.04 Å². The molecular formula is C15H31N. The summed E-state index contributed by atoms with van der Waals surface area (Å²) in [5.41, 5.74) is 6.24. The molecule has 1 saturated carbocycles. The van der Waals surface area contributed by atoms with Crippen molar-refractivity contribution in [3.8, 4) is 0 Å². The molecule has 0 aromatic rings. The van der Waals surface area contributed by atoms with Crippen LogP contribution in [0.2, 0.25) is 0 Å². The van der Waals surface area contributed by atoms with Crippen molar-refractivity contribution in [2.24, 2.45) is 17.6 Å². The molecule has 16 heavy (non-hydrogen) atoms. The van der Waals surface area contributed by atoms with Crippen LogP contribution in [0.5, 0.6) is 0 Å². The van der Waals surface area contributed by atoms with Crippen molar-refractivity contribution in [2.75, 3.05) is 0 Å². The van der Waals surface area contributed by atoms with Crippen LogP contribution in [-0.2, 0) is 0 Å². The summed E-state index contributed by atoms with van der Waals surface area (Å²) in [7, 11) is 0. The first-order valence-electron chi connectivity index (χ1n) is 7.53. The van der Waals surface area contributed by atoms with Gasteiger partial charge in [0, 0.05) is 6.04 Å². The molecule has 2 N–H and O–H groups in total. The van der Waals surface area contributed by atoms with Gasteiger partial charge < -0.3 is 5.73 Å². The molecule has 1 rings (SSSR count). The first-order chi connectivity index (χ1) is 7.77. The van der Waals surface area contributed by atoms with Crippen molar-refractivity contribution in [1.82, 2.24) is 0 Å². The maximum absolute atomic E-state index is 6.24. The summed E-state index contributed by atoms with van der Waals surface area (Å²) in [5, 5.41) is 0. The van der Waals surface area contributed by atoms with Crippen LogP contribution in [0.25, 0.3) is 0 Å². The smallest absolute Gasteiger partial charge is 0.00673 e. The molecule has 1 nitrogen and oxygen atoms in total. The Labute approximate surface area is 102 Å². The Bertz CT molecular complexity index is 167. The van der Waals surface area contributed by atoms with Crippen LogP contribution >= 0.6 is 0 Å². The molecule has 0 aliphatic heterocycles. The van der Waals surface area contributed by atoms with Gasteiger partial charge in [0.05, 0.1) is 0 Å². The maximum Gasteiger partial charge on any atom is 0.00673 e. The quantitative estimate of drug-likeness (QED) is 0.634. The second-order valence-electron chi connectivity index (χ2n) is 5.71. The van der Waals surface area contributed by atoms with Crippen molar-refractivity contribution in [1.29, 1.82) is 0 Å². The van der Waals surface area contributed by atoms with E-state index in [9.17, 15) is 0 Å². The molecule has 1 aliphatic rings. The van der Waals surface area contributed by atoms with Gasteiger partial charge >= 0.3 is 0 Å². The molecule has 3 unspecified atom stereocenters. The molecule has 1 heteroatoms. The highest BCUT2D eigenvalue weighted by Crippen LogP contribution is 2.33. The Morgan fingerprint density at radius 2 is 1.75 bits per heavy atom. The normalized spacial score (nSPS) is 30.6. The zero-order chi connectivity index (χ0) is 11.8. The third-order valence-corrected chi connectivity index (χ3v) is 4.41. The fraction of sp³-hybridized carbons (Fsp3) is 1.00. The molecular weight excluding hydrogens is 194 g/mol. The minimum atomic E-state index is 0.508. The zero-order valence-corrected chi connectivity index (χ0v) is 11.4. The van der Waals surface area contributed by atoms with Crippen molar-refractivity contribution in [2.45, 2.75) is 84.1 Å². The molecule has 96 valence electrons. The predicted octanol–water partition coefficient (Wildman–Crippen LogP) is 4.50. The summed E-state index contributed by atoms with van der Waals surface area (Å²) in [5.74, 6) is 1.81. The molecule has 0 amide bonds. The lowest BCUT2D eigenvalue weighted by atomic mass is 9.75. The summed E-state index contributed by atoms with van der Waals surface area (Å²) in [6, 6.07) is 0.508. The summed E-state index contributed by atoms with van der Waals surface area (Å²) < 4.78 is 0. The zero-order valence-electron chi connectivity index (χ0n) is 11.4. The number of rotatable bonds is 7. The molecule has 0 bridgehead atoms. The highest BCUT2D eigenvalue weighted by molar-refractivity contribution is 4.81. The van der Waals surface area contributed by atoms with E-state index >= 15 is 0 Å². The maximum atomic E-state index is 6.24. The number of unbranched alkanes of at least 4 members (excludes halogenated alkanes) is 4. The van der Waals surface area contributed by atoms with E-state index in [2.05, 4.69) is 13.8 Å². The highest BCUT2D eigenvalue weighted by atomic mass is 14.7. The number of hydrogen-bond acceptors (Lipinski definition) is 1. The topological polar surface area (TPSA) is 26.0 Å². The van der Waals surface area contributed by atoms with Gasteiger partial charge in [-0.05, 0) is 37.5 Å². The van der Waals surface area contributed by atoms with Gasteiger partial charge in [-0.1, -0.05) is 52.4 Å². The summed E-state index contributed by atoms with van der Waals surface area (Å²) in [4.78, 5) is 0. The van der Waals surface area contributed by atoms with Crippen LogP contribution < -0.4 is 5.73 Å². The Kier molecular flexibility index (Phi) is 7.11. The van der Waals surface area contributed by atoms with Crippen LogP contribution in [0.3, 0.4) is 0 Å². The van der Waals surface area contributed by atoms with E-state index in [0.717, 1.165) is 11.8 Å². The fourth-order valence-electron chi connectivity index (χ4n) is 3.10. The van der Waals surface area contributed by atoms with Crippen molar-refractivity contribution < 1.29 is 0 Å². The van der Waals surface area contributed by atoms with E-state index < -0.39 is 0 Å². The molecule has 3 atom stereocenters. The number of hydrogen-bond donors (Lipinski definition) is 1. The van der Waals surface area contributed by atoms with Gasteiger partial charge in [-0.2, -0.15) is 0 Å². The lowest BCUT2D eigenvalue weighted by Crippen LogP contribution is -2.36. The predicted molar refractivity (Wildman–Crippen MR) is 72.5 cm³/mol. The minimum absolute atomic E-state index is 0.508. The van der Waals surface area contributed by atoms with Gasteiger partial charge in [-0.25, -0.2) is 0 Å². The standard InChI is InChI=1S/C15H31N/c1-3-5-6-7-8-9-14-12-13(4-2)10-11-15(14)16/h13-15H,3-12,16H2,1-2H3. The van der Waals surface area contributed by atoms with E-state index in [1.165, 1.54) is 64.2 Å². The number of nitrogens with two attached hydrogens (primary N) is 1. The Morgan fingerprint density at radius 3 is 2.44 bits per heavy atom. The summed E-state index contributed by atoms with van der Waals surface area (Å²) >= 11 is 0. The van der Waals surface area contributed by atoms with E-state index in [1.54, 1.807) is 0 Å². The van der Waals surface area contributed by atoms with Gasteiger partial charge in [0.2, 0.25) is 0 Å². The van der Waals surface area contributed by atoms with Gasteiger partial charge in [-0.15, -0.1) is 0 Å². The van der Waals surface area contributed by atoms with Crippen LogP contribution in [0.15, 0.2) is 0 Å². The molecule has 0 spiro atoms. The molecule has 0 saturated heterocycles. The first kappa shape index (κ1) is 14.0. The Morgan fingerprint density at radius 1 is 1.00 bits per heavy atom. The van der Waals surface area contributed by atoms with Gasteiger partial charge in [0.1, 0.15) is 0 Å². The summed E-state index contributed by atoms with van der Waals surface area (Å²) in [6.45, 7) is 4.61. The van der Waals surface area contributed by atoms with Gasteiger partial charge in [-0.3, -0.25) is 0 Å².